The Labute approximate surface area is 181 Å². The van der Waals surface area contributed by atoms with Gasteiger partial charge in [0.25, 0.3) is 0 Å². The van der Waals surface area contributed by atoms with Crippen molar-refractivity contribution in [1.29, 1.82) is 0 Å². The molecule has 0 saturated carbocycles. The number of nitrogens with two attached hydrogens (primary N) is 1. The van der Waals surface area contributed by atoms with E-state index in [0.29, 0.717) is 5.56 Å². The Morgan fingerprint density at radius 2 is 1.58 bits per heavy atom. The van der Waals surface area contributed by atoms with Gasteiger partial charge in [0.05, 0.1) is 12.3 Å². The SMILES string of the molecule is Cc1cccc(C(C(=O)OCC2c3ccccc3-c3ccccc32)[C@H](N)CC(=O)O)c1. The van der Waals surface area contributed by atoms with Crippen molar-refractivity contribution in [1.82, 2.24) is 0 Å². The minimum atomic E-state index is -1.04. The van der Waals surface area contributed by atoms with Gasteiger partial charge in [0, 0.05) is 12.0 Å². The predicted octanol–water partition coefficient (Wildman–Crippen LogP) is 4.24. The lowest BCUT2D eigenvalue weighted by molar-refractivity contribution is -0.146. The van der Waals surface area contributed by atoms with Gasteiger partial charge >= 0.3 is 11.9 Å². The third-order valence-corrected chi connectivity index (χ3v) is 5.85. The van der Waals surface area contributed by atoms with Crippen LogP contribution in [0.5, 0.6) is 0 Å². The molecule has 1 unspecified atom stereocenters. The van der Waals surface area contributed by atoms with Gasteiger partial charge in [-0.1, -0.05) is 78.4 Å². The van der Waals surface area contributed by atoms with Gasteiger partial charge < -0.3 is 15.6 Å². The average Bonchev–Trinajstić information content (AvgIpc) is 3.06. The second-order valence-electron chi connectivity index (χ2n) is 8.01. The second-order valence-corrected chi connectivity index (χ2v) is 8.01. The number of carbonyl (C=O) groups is 2. The number of fused-ring (bicyclic) bond motifs is 3. The lowest BCUT2D eigenvalue weighted by atomic mass is 9.89. The van der Waals surface area contributed by atoms with Crippen LogP contribution in [0.15, 0.2) is 72.8 Å². The summed E-state index contributed by atoms with van der Waals surface area (Å²) in [4.78, 5) is 24.4. The zero-order chi connectivity index (χ0) is 22.0. The van der Waals surface area contributed by atoms with Crippen LogP contribution in [-0.2, 0) is 14.3 Å². The molecule has 0 amide bonds. The highest BCUT2D eigenvalue weighted by atomic mass is 16.5. The highest BCUT2D eigenvalue weighted by molar-refractivity contribution is 5.82. The van der Waals surface area contributed by atoms with Crippen molar-refractivity contribution in [2.45, 2.75) is 31.2 Å². The summed E-state index contributed by atoms with van der Waals surface area (Å²) >= 11 is 0. The molecule has 0 saturated heterocycles. The maximum absolute atomic E-state index is 13.2. The predicted molar refractivity (Wildman–Crippen MR) is 119 cm³/mol. The molecule has 0 heterocycles. The van der Waals surface area contributed by atoms with E-state index in [9.17, 15) is 14.7 Å². The Bertz CT molecular complexity index is 1080. The maximum Gasteiger partial charge on any atom is 0.315 e. The lowest BCUT2D eigenvalue weighted by Gasteiger charge is -2.23. The van der Waals surface area contributed by atoms with Crippen LogP contribution in [0.3, 0.4) is 0 Å². The molecule has 5 heteroatoms. The van der Waals surface area contributed by atoms with Gasteiger partial charge in [0.1, 0.15) is 6.61 Å². The fraction of sp³-hybridized carbons (Fsp3) is 0.231. The molecule has 3 aromatic rings. The molecule has 31 heavy (non-hydrogen) atoms. The minimum absolute atomic E-state index is 0.0646. The van der Waals surface area contributed by atoms with Crippen LogP contribution in [0.2, 0.25) is 0 Å². The number of rotatable bonds is 7. The summed E-state index contributed by atoms with van der Waals surface area (Å²) in [5, 5.41) is 9.20. The van der Waals surface area contributed by atoms with Gasteiger partial charge in [-0.15, -0.1) is 0 Å². The molecule has 0 spiro atoms. The van der Waals surface area contributed by atoms with Crippen LogP contribution in [0.25, 0.3) is 11.1 Å². The molecule has 0 radical (unpaired) electrons. The zero-order valence-electron chi connectivity index (χ0n) is 17.3. The van der Waals surface area contributed by atoms with Gasteiger partial charge in [0.2, 0.25) is 0 Å². The van der Waals surface area contributed by atoms with E-state index in [2.05, 4.69) is 24.3 Å². The first-order valence-corrected chi connectivity index (χ1v) is 10.3. The van der Waals surface area contributed by atoms with Crippen LogP contribution in [0.1, 0.15) is 40.5 Å². The number of benzene rings is 3. The number of hydrogen-bond acceptors (Lipinski definition) is 4. The Kier molecular flexibility index (Phi) is 5.87. The van der Waals surface area contributed by atoms with Crippen molar-refractivity contribution < 1.29 is 19.4 Å². The molecule has 5 nitrogen and oxygen atoms in total. The first kappa shape index (κ1) is 20.8. The largest absolute Gasteiger partial charge is 0.481 e. The van der Waals surface area contributed by atoms with E-state index in [1.165, 1.54) is 0 Å². The summed E-state index contributed by atoms with van der Waals surface area (Å²) in [7, 11) is 0. The molecule has 0 aromatic heterocycles. The van der Waals surface area contributed by atoms with E-state index >= 15 is 0 Å². The third kappa shape index (κ3) is 4.23. The van der Waals surface area contributed by atoms with Crippen LogP contribution in [0, 0.1) is 6.92 Å². The van der Waals surface area contributed by atoms with E-state index in [4.69, 9.17) is 10.5 Å². The fourth-order valence-electron chi connectivity index (χ4n) is 4.44. The molecule has 0 bridgehead atoms. The van der Waals surface area contributed by atoms with Gasteiger partial charge in [-0.05, 0) is 34.7 Å². The maximum atomic E-state index is 13.2. The van der Waals surface area contributed by atoms with E-state index in [1.54, 1.807) is 6.07 Å². The number of carboxylic acids is 1. The Morgan fingerprint density at radius 3 is 2.16 bits per heavy atom. The molecule has 0 fully saturated rings. The van der Waals surface area contributed by atoms with Crippen LogP contribution in [-0.4, -0.2) is 29.7 Å². The van der Waals surface area contributed by atoms with Crippen molar-refractivity contribution >= 4 is 11.9 Å². The van der Waals surface area contributed by atoms with Crippen molar-refractivity contribution in [3.63, 3.8) is 0 Å². The van der Waals surface area contributed by atoms with Crippen LogP contribution < -0.4 is 5.73 Å². The van der Waals surface area contributed by atoms with Crippen LogP contribution in [0.4, 0.5) is 0 Å². The average molecular weight is 415 g/mol. The summed E-state index contributed by atoms with van der Waals surface area (Å²) in [6, 6.07) is 22.8. The molecule has 3 aromatic carbocycles. The van der Waals surface area contributed by atoms with E-state index in [-0.39, 0.29) is 18.9 Å². The number of esters is 1. The Hall–Kier alpha value is -3.44. The molecular weight excluding hydrogens is 390 g/mol. The smallest absolute Gasteiger partial charge is 0.315 e. The number of carbonyl (C=O) groups excluding carboxylic acids is 1. The van der Waals surface area contributed by atoms with Gasteiger partial charge in [-0.3, -0.25) is 9.59 Å². The molecule has 1 aliphatic rings. The number of aliphatic carboxylic acids is 1. The molecule has 0 aliphatic heterocycles. The van der Waals surface area contributed by atoms with Gasteiger partial charge in [0.15, 0.2) is 0 Å². The topological polar surface area (TPSA) is 89.6 Å². The molecule has 1 aliphatic carbocycles. The molecular formula is C26H25NO4. The summed E-state index contributed by atoms with van der Waals surface area (Å²) < 4.78 is 5.79. The van der Waals surface area contributed by atoms with Crippen molar-refractivity contribution in [2.24, 2.45) is 5.73 Å². The molecule has 4 rings (SSSR count). The van der Waals surface area contributed by atoms with Crippen molar-refractivity contribution in [2.75, 3.05) is 6.61 Å². The number of ether oxygens (including phenoxy) is 1. The number of aryl methyl sites for hydroxylation is 1. The first-order chi connectivity index (χ1) is 15.0. The second kappa shape index (κ2) is 8.74. The molecule has 3 N–H and O–H groups in total. The Balaban J connectivity index is 1.59. The zero-order valence-corrected chi connectivity index (χ0v) is 17.3. The lowest BCUT2D eigenvalue weighted by Crippen LogP contribution is -2.37. The fourth-order valence-corrected chi connectivity index (χ4v) is 4.44. The number of hydrogen-bond donors (Lipinski definition) is 2. The van der Waals surface area contributed by atoms with E-state index in [0.717, 1.165) is 27.8 Å². The highest BCUT2D eigenvalue weighted by Gasteiger charge is 2.33. The summed E-state index contributed by atoms with van der Waals surface area (Å²) in [6.07, 6.45) is -0.317. The van der Waals surface area contributed by atoms with Gasteiger partial charge in [-0.2, -0.15) is 0 Å². The summed E-state index contributed by atoms with van der Waals surface area (Å²) in [6.45, 7) is 2.09. The standard InChI is InChI=1S/C26H25NO4/c1-16-7-6-8-17(13-16)25(23(27)14-24(28)29)26(30)31-15-22-20-11-4-2-9-18(20)19-10-3-5-12-21(19)22/h2-13,22-23,25H,14-15,27H2,1H3,(H,28,29)/t23-,25?/m1/s1. The number of carboxylic acid groups (broad SMARTS) is 1. The highest BCUT2D eigenvalue weighted by Crippen LogP contribution is 2.44. The van der Waals surface area contributed by atoms with Crippen molar-refractivity contribution in [3.05, 3.63) is 95.1 Å². The monoisotopic (exact) mass is 415 g/mol. The molecule has 158 valence electrons. The quantitative estimate of drug-likeness (QED) is 0.564. The Morgan fingerprint density at radius 1 is 0.968 bits per heavy atom. The summed E-state index contributed by atoms with van der Waals surface area (Å²) in [5.41, 5.74) is 12.3. The third-order valence-electron chi connectivity index (χ3n) is 5.85. The van der Waals surface area contributed by atoms with Gasteiger partial charge in [-0.25, -0.2) is 0 Å². The van der Waals surface area contributed by atoms with E-state index < -0.39 is 23.9 Å². The van der Waals surface area contributed by atoms with Crippen molar-refractivity contribution in [3.8, 4) is 11.1 Å². The normalized spacial score (nSPS) is 14.4. The summed E-state index contributed by atoms with van der Waals surface area (Å²) in [5.74, 6) is -2.45. The van der Waals surface area contributed by atoms with E-state index in [1.807, 2.05) is 49.4 Å². The first-order valence-electron chi connectivity index (χ1n) is 10.3. The molecule has 2 atom stereocenters. The minimum Gasteiger partial charge on any atom is -0.481 e. The van der Waals surface area contributed by atoms with Crippen LogP contribution >= 0.6 is 0 Å².